The van der Waals surface area contributed by atoms with E-state index in [1.54, 1.807) is 0 Å². The lowest BCUT2D eigenvalue weighted by molar-refractivity contribution is -0.138. The number of hydrogen-bond donors (Lipinski definition) is 4. The average molecular weight is 685 g/mol. The number of carbonyl (C=O) groups is 4. The minimum absolute atomic E-state index is 0.0600. The minimum atomic E-state index is -0.903. The molecule has 0 aliphatic carbocycles. The Balaban J connectivity index is 1.48. The maximum atomic E-state index is 13.0. The molecule has 51 heavy (non-hydrogen) atoms. The van der Waals surface area contributed by atoms with Crippen molar-refractivity contribution in [2.24, 2.45) is 0 Å². The first-order chi connectivity index (χ1) is 24.4. The van der Waals surface area contributed by atoms with Gasteiger partial charge in [0.15, 0.2) is 0 Å². The van der Waals surface area contributed by atoms with Gasteiger partial charge in [-0.15, -0.1) is 0 Å². The van der Waals surface area contributed by atoms with Crippen LogP contribution in [0.1, 0.15) is 84.6 Å². The lowest BCUT2D eigenvalue weighted by Gasteiger charge is -2.14. The van der Waals surface area contributed by atoms with Crippen LogP contribution in [0.25, 0.3) is 56.5 Å². The zero-order valence-electron chi connectivity index (χ0n) is 29.2. The number of aromatic amines is 2. The number of aromatic nitrogens is 4. The summed E-state index contributed by atoms with van der Waals surface area (Å²) in [7, 11) is 0. The van der Waals surface area contributed by atoms with Crippen LogP contribution in [0.2, 0.25) is 0 Å². The summed E-state index contributed by atoms with van der Waals surface area (Å²) in [5.41, 5.74) is 13.6. The summed E-state index contributed by atoms with van der Waals surface area (Å²) in [6.07, 6.45) is 6.82. The molecule has 260 valence electrons. The van der Waals surface area contributed by atoms with E-state index < -0.39 is 17.8 Å². The van der Waals surface area contributed by atoms with Crippen molar-refractivity contribution in [3.05, 3.63) is 94.6 Å². The van der Waals surface area contributed by atoms with Gasteiger partial charge in [0.2, 0.25) is 5.91 Å². The number of imide groups is 1. The molecule has 0 saturated heterocycles. The maximum Gasteiger partial charge on any atom is 0.303 e. The Kier molecular flexibility index (Phi) is 9.56. The van der Waals surface area contributed by atoms with Crippen LogP contribution in [-0.2, 0) is 19.2 Å². The predicted molar refractivity (Wildman–Crippen MR) is 201 cm³/mol. The number of aryl methyl sites for hydroxylation is 2. The molecular formula is C40H40N6O5. The molecule has 0 saturated carbocycles. The first-order valence-electron chi connectivity index (χ1n) is 16.8. The average Bonchev–Trinajstić information content (AvgIpc) is 3.83. The van der Waals surface area contributed by atoms with Crippen molar-refractivity contribution < 1.29 is 24.3 Å². The minimum Gasteiger partial charge on any atom is -0.481 e. The smallest absolute Gasteiger partial charge is 0.303 e. The Morgan fingerprint density at radius 1 is 0.745 bits per heavy atom. The fourth-order valence-corrected chi connectivity index (χ4v) is 6.82. The predicted octanol–water partition coefficient (Wildman–Crippen LogP) is 6.77. The van der Waals surface area contributed by atoms with Gasteiger partial charge >= 0.3 is 5.97 Å². The third kappa shape index (κ3) is 6.74. The van der Waals surface area contributed by atoms with Crippen molar-refractivity contribution in [3.8, 4) is 0 Å². The summed E-state index contributed by atoms with van der Waals surface area (Å²) in [5.74, 6) is -1.92. The molecule has 8 bridgehead atoms. The van der Waals surface area contributed by atoms with Crippen molar-refractivity contribution in [1.29, 1.82) is 0 Å². The van der Waals surface area contributed by atoms with E-state index in [1.807, 2.05) is 58.0 Å². The zero-order valence-corrected chi connectivity index (χ0v) is 29.2. The van der Waals surface area contributed by atoms with E-state index in [2.05, 4.69) is 34.5 Å². The summed E-state index contributed by atoms with van der Waals surface area (Å²) < 4.78 is 0. The van der Waals surface area contributed by atoms with Gasteiger partial charge < -0.3 is 20.4 Å². The number of rotatable bonds is 11. The number of H-pyrrole nitrogens is 2. The molecule has 0 fully saturated rings. The number of amides is 3. The van der Waals surface area contributed by atoms with Crippen LogP contribution >= 0.6 is 0 Å². The highest BCUT2D eigenvalue weighted by molar-refractivity contribution is 6.13. The number of carbonyl (C=O) groups excluding carboxylic acids is 3. The van der Waals surface area contributed by atoms with Gasteiger partial charge in [-0.3, -0.25) is 24.1 Å². The van der Waals surface area contributed by atoms with Crippen LogP contribution in [0.3, 0.4) is 0 Å². The van der Waals surface area contributed by atoms with Gasteiger partial charge in [0.05, 0.1) is 22.8 Å². The molecule has 3 aromatic heterocycles. The van der Waals surface area contributed by atoms with Crippen LogP contribution in [0.15, 0.2) is 49.6 Å². The number of carboxylic acids is 1. The van der Waals surface area contributed by atoms with Gasteiger partial charge in [-0.2, -0.15) is 0 Å². The quantitative estimate of drug-likeness (QED) is 0.162. The molecular weight excluding hydrogens is 644 g/mol. The van der Waals surface area contributed by atoms with Crippen LogP contribution in [-0.4, -0.2) is 66.7 Å². The molecule has 3 aromatic rings. The number of allylic oxidation sites excluding steroid dienone is 4. The van der Waals surface area contributed by atoms with Crippen LogP contribution in [0.4, 0.5) is 0 Å². The topological polar surface area (TPSA) is 161 Å². The number of carboxylic acid groups (broad SMARTS) is 1. The van der Waals surface area contributed by atoms with Crippen molar-refractivity contribution in [2.45, 2.75) is 53.4 Å². The fourth-order valence-electron chi connectivity index (χ4n) is 6.82. The van der Waals surface area contributed by atoms with Crippen molar-refractivity contribution in [3.63, 3.8) is 0 Å². The highest BCUT2D eigenvalue weighted by Crippen LogP contribution is 2.38. The van der Waals surface area contributed by atoms with Gasteiger partial charge in [-0.05, 0) is 98.2 Å². The van der Waals surface area contributed by atoms with Gasteiger partial charge in [0.25, 0.3) is 11.8 Å². The number of aliphatic carboxylic acids is 1. The number of nitrogens with zero attached hydrogens (tertiary/aromatic N) is 3. The van der Waals surface area contributed by atoms with E-state index in [9.17, 15) is 24.3 Å². The van der Waals surface area contributed by atoms with Gasteiger partial charge in [-0.1, -0.05) is 25.3 Å². The summed E-state index contributed by atoms with van der Waals surface area (Å²) >= 11 is 0. The fraction of sp³-hybridized carbons (Fsp3) is 0.250. The molecule has 0 spiro atoms. The number of fused-ring (bicyclic) bond motifs is 8. The molecule has 11 heteroatoms. The van der Waals surface area contributed by atoms with E-state index in [0.29, 0.717) is 23.5 Å². The molecule has 3 aliphatic heterocycles. The molecule has 4 N–H and O–H groups in total. The van der Waals surface area contributed by atoms with Crippen LogP contribution < -0.4 is 5.32 Å². The Labute approximate surface area is 295 Å². The van der Waals surface area contributed by atoms with E-state index in [1.165, 1.54) is 12.2 Å². The molecule has 11 nitrogen and oxygen atoms in total. The van der Waals surface area contributed by atoms with Crippen LogP contribution in [0, 0.1) is 13.8 Å². The Hall–Kier alpha value is -6.10. The molecule has 3 amide bonds. The first-order valence-corrected chi connectivity index (χ1v) is 16.8. The molecule has 0 aromatic carbocycles. The van der Waals surface area contributed by atoms with E-state index in [4.69, 9.17) is 9.97 Å². The Morgan fingerprint density at radius 2 is 1.24 bits per heavy atom. The summed E-state index contributed by atoms with van der Waals surface area (Å²) in [5, 5.41) is 12.4. The Bertz CT molecular complexity index is 2300. The van der Waals surface area contributed by atoms with Gasteiger partial charge in [0, 0.05) is 71.3 Å². The van der Waals surface area contributed by atoms with Gasteiger partial charge in [-0.25, -0.2) is 9.97 Å². The lowest BCUT2D eigenvalue weighted by Crippen LogP contribution is -2.38. The standard InChI is InChI=1S/C40H40N6O5/c1-7-25-21(3)29-17-30-23(5)27(9-11-37(47)41-15-16-46-38(48)12-13-39(46)49)35(44-30)20-36-28(10-14-40(50)51)24(6)32(45-36)19-34-26(8-2)22(4)31(43-34)18-33(25)42-29/h7-8,12-13,17-20,42-43H,1-2,9-11,14-16H2,3-6H3,(H,41,47)(H,50,51). The monoisotopic (exact) mass is 684 g/mol. The number of hydrogen-bond acceptors (Lipinski definition) is 6. The number of nitrogens with one attached hydrogen (secondary N) is 3. The van der Waals surface area contributed by atoms with Crippen LogP contribution in [0.5, 0.6) is 0 Å². The second-order valence-corrected chi connectivity index (χ2v) is 12.8. The highest BCUT2D eigenvalue weighted by atomic mass is 16.4. The summed E-state index contributed by atoms with van der Waals surface area (Å²) in [6, 6.07) is 7.91. The highest BCUT2D eigenvalue weighted by Gasteiger charge is 2.24. The van der Waals surface area contributed by atoms with Crippen molar-refractivity contribution >= 4 is 80.2 Å². The van der Waals surface area contributed by atoms with E-state index in [0.717, 1.165) is 77.2 Å². The molecule has 3 aliphatic rings. The van der Waals surface area contributed by atoms with Crippen molar-refractivity contribution in [1.82, 2.24) is 30.2 Å². The lowest BCUT2D eigenvalue weighted by atomic mass is 9.98. The molecule has 0 radical (unpaired) electrons. The zero-order chi connectivity index (χ0) is 36.6. The largest absolute Gasteiger partial charge is 0.481 e. The molecule has 0 atom stereocenters. The normalized spacial score (nSPS) is 14.2. The van der Waals surface area contributed by atoms with Gasteiger partial charge in [0.1, 0.15) is 0 Å². The van der Waals surface area contributed by atoms with E-state index >= 15 is 0 Å². The third-order valence-electron chi connectivity index (χ3n) is 9.79. The second-order valence-electron chi connectivity index (χ2n) is 12.8. The Morgan fingerprint density at radius 3 is 1.76 bits per heavy atom. The molecule has 6 rings (SSSR count). The first kappa shape index (κ1) is 34.8. The summed E-state index contributed by atoms with van der Waals surface area (Å²) in [4.78, 5) is 66.7. The summed E-state index contributed by atoms with van der Waals surface area (Å²) in [6.45, 7) is 16.4. The third-order valence-corrected chi connectivity index (χ3v) is 9.79. The SMILES string of the molecule is C=Cc1c(C)c2cc3[nH]c(cc4nc(cc5nc(cc1[nH]2)C(C)=C5CCC(=O)O)C(CCC(=O)NCCN1C(=O)C=CC1=O)=C4C)c(C)c3C=C. The van der Waals surface area contributed by atoms with Crippen molar-refractivity contribution in [2.75, 3.05) is 13.1 Å². The van der Waals surface area contributed by atoms with E-state index in [-0.39, 0.29) is 38.3 Å². The maximum absolute atomic E-state index is 13.0. The molecule has 6 heterocycles. The second kappa shape index (κ2) is 14.0. The molecule has 0 unspecified atom stereocenters.